The molecule has 96 valence electrons. The highest BCUT2D eigenvalue weighted by Gasteiger charge is 2.66. The molecule has 1 N–H and O–H groups in total. The Labute approximate surface area is 123 Å². The summed E-state index contributed by atoms with van der Waals surface area (Å²) in [6.45, 7) is 3.74. The first kappa shape index (κ1) is 13.7. The average Bonchev–Trinajstić information content (AvgIpc) is 2.87. The van der Waals surface area contributed by atoms with Crippen LogP contribution in [0, 0.1) is 5.41 Å². The molecule has 0 bridgehead atoms. The van der Waals surface area contributed by atoms with Gasteiger partial charge < -0.3 is 0 Å². The predicted molar refractivity (Wildman–Crippen MR) is 77.9 cm³/mol. The van der Waals surface area contributed by atoms with Crippen molar-refractivity contribution < 1.29 is 4.79 Å². The van der Waals surface area contributed by atoms with Crippen LogP contribution in [-0.4, -0.2) is 19.8 Å². The van der Waals surface area contributed by atoms with Gasteiger partial charge in [-0.25, -0.2) is 5.43 Å². The number of halogens is 2. The van der Waals surface area contributed by atoms with Gasteiger partial charge in [-0.1, -0.05) is 31.9 Å². The minimum Gasteiger partial charge on any atom is -0.272 e. The Hall–Kier alpha value is -0.750. The molecule has 4 nitrogen and oxygen atoms in total. The SMILES string of the molecule is C/C(=N\NC(=O)C1(C)CC1(Br)Br)c1ccncc1. The molecule has 0 saturated heterocycles. The fourth-order valence-electron chi connectivity index (χ4n) is 1.56. The minimum atomic E-state index is -0.449. The van der Waals surface area contributed by atoms with Crippen LogP contribution in [0.3, 0.4) is 0 Å². The first-order valence-electron chi connectivity index (χ1n) is 5.50. The molecule has 0 aromatic carbocycles. The van der Waals surface area contributed by atoms with E-state index in [1.807, 2.05) is 26.0 Å². The average molecular weight is 375 g/mol. The minimum absolute atomic E-state index is 0.0929. The lowest BCUT2D eigenvalue weighted by atomic mass is 10.1. The van der Waals surface area contributed by atoms with Gasteiger partial charge >= 0.3 is 0 Å². The number of alkyl halides is 2. The van der Waals surface area contributed by atoms with Gasteiger partial charge in [0.25, 0.3) is 0 Å². The maximum atomic E-state index is 12.0. The molecule has 1 unspecified atom stereocenters. The van der Waals surface area contributed by atoms with Gasteiger partial charge in [0.05, 0.1) is 14.4 Å². The summed E-state index contributed by atoms with van der Waals surface area (Å²) in [4.78, 5) is 15.9. The van der Waals surface area contributed by atoms with Crippen molar-refractivity contribution in [3.63, 3.8) is 0 Å². The number of carbonyl (C=O) groups excluding carboxylic acids is 1. The molecule has 0 radical (unpaired) electrons. The number of amides is 1. The van der Waals surface area contributed by atoms with E-state index < -0.39 is 5.41 Å². The molecule has 2 rings (SSSR count). The number of hydrogen-bond acceptors (Lipinski definition) is 3. The summed E-state index contributed by atoms with van der Waals surface area (Å²) in [6, 6.07) is 3.70. The number of aromatic nitrogens is 1. The molecule has 1 amide bonds. The molecule has 1 aliphatic carbocycles. The number of nitrogens with one attached hydrogen (secondary N) is 1. The number of nitrogens with zero attached hydrogens (tertiary/aromatic N) is 2. The highest BCUT2D eigenvalue weighted by atomic mass is 79.9. The lowest BCUT2D eigenvalue weighted by molar-refractivity contribution is -0.125. The molecule has 0 spiro atoms. The Morgan fingerprint density at radius 1 is 1.44 bits per heavy atom. The molecular weight excluding hydrogens is 362 g/mol. The van der Waals surface area contributed by atoms with Crippen LogP contribution in [0.25, 0.3) is 0 Å². The van der Waals surface area contributed by atoms with Crippen LogP contribution in [0.5, 0.6) is 0 Å². The molecule has 18 heavy (non-hydrogen) atoms. The summed E-state index contributed by atoms with van der Waals surface area (Å²) in [5, 5.41) is 4.11. The second kappa shape index (κ2) is 4.74. The van der Waals surface area contributed by atoms with Crippen molar-refractivity contribution in [3.05, 3.63) is 30.1 Å². The zero-order chi connectivity index (χ0) is 13.4. The van der Waals surface area contributed by atoms with Crippen LogP contribution < -0.4 is 5.43 Å². The first-order chi connectivity index (χ1) is 8.37. The third-order valence-corrected chi connectivity index (χ3v) is 5.49. The highest BCUT2D eigenvalue weighted by Crippen LogP contribution is 2.66. The van der Waals surface area contributed by atoms with Crippen LogP contribution in [-0.2, 0) is 4.79 Å². The third kappa shape index (κ3) is 2.49. The van der Waals surface area contributed by atoms with Gasteiger partial charge in [-0.15, -0.1) is 0 Å². The Bertz CT molecular complexity index is 501. The lowest BCUT2D eigenvalue weighted by Crippen LogP contribution is -2.30. The lowest BCUT2D eigenvalue weighted by Gasteiger charge is -2.10. The fraction of sp³-hybridized carbons (Fsp3) is 0.417. The van der Waals surface area contributed by atoms with Crippen molar-refractivity contribution >= 4 is 43.5 Å². The zero-order valence-corrected chi connectivity index (χ0v) is 13.2. The molecule has 1 aromatic rings. The number of carbonyl (C=O) groups is 1. The molecule has 1 heterocycles. The monoisotopic (exact) mass is 373 g/mol. The second-order valence-electron chi connectivity index (χ2n) is 4.59. The molecule has 0 aliphatic heterocycles. The van der Waals surface area contributed by atoms with Gasteiger partial charge in [0.15, 0.2) is 0 Å². The molecule has 6 heteroatoms. The molecule has 1 fully saturated rings. The van der Waals surface area contributed by atoms with Crippen molar-refractivity contribution in [1.29, 1.82) is 0 Å². The van der Waals surface area contributed by atoms with Crippen LogP contribution in [0.4, 0.5) is 0 Å². The van der Waals surface area contributed by atoms with Gasteiger partial charge in [-0.05, 0) is 32.4 Å². The van der Waals surface area contributed by atoms with Crippen LogP contribution in [0.15, 0.2) is 29.6 Å². The van der Waals surface area contributed by atoms with E-state index in [1.165, 1.54) is 0 Å². The number of rotatable bonds is 3. The van der Waals surface area contributed by atoms with E-state index in [1.54, 1.807) is 12.4 Å². The quantitative estimate of drug-likeness (QED) is 0.502. The topological polar surface area (TPSA) is 54.4 Å². The Morgan fingerprint density at radius 3 is 2.50 bits per heavy atom. The number of pyridine rings is 1. The second-order valence-corrected chi connectivity index (χ2v) is 8.36. The van der Waals surface area contributed by atoms with Crippen LogP contribution in [0.2, 0.25) is 0 Å². The molecular formula is C12H13Br2N3O. The number of hydrogen-bond donors (Lipinski definition) is 1. The van der Waals surface area contributed by atoms with Gasteiger partial charge in [-0.3, -0.25) is 9.78 Å². The largest absolute Gasteiger partial charge is 0.272 e. The summed E-state index contributed by atoms with van der Waals surface area (Å²) < 4.78 is -0.294. The van der Waals surface area contributed by atoms with E-state index >= 15 is 0 Å². The van der Waals surface area contributed by atoms with Crippen molar-refractivity contribution in [1.82, 2.24) is 10.4 Å². The van der Waals surface area contributed by atoms with Gasteiger partial charge in [0.2, 0.25) is 5.91 Å². The Kier molecular flexibility index (Phi) is 3.60. The summed E-state index contributed by atoms with van der Waals surface area (Å²) in [6.07, 6.45) is 4.14. The molecule has 1 aromatic heterocycles. The van der Waals surface area contributed by atoms with E-state index in [9.17, 15) is 4.79 Å². The Morgan fingerprint density at radius 2 is 2.00 bits per heavy atom. The van der Waals surface area contributed by atoms with Crippen LogP contribution in [0.1, 0.15) is 25.8 Å². The summed E-state index contributed by atoms with van der Waals surface area (Å²) in [5.41, 5.74) is 3.85. The maximum Gasteiger partial charge on any atom is 0.248 e. The predicted octanol–water partition coefficient (Wildman–Crippen LogP) is 2.82. The highest BCUT2D eigenvalue weighted by molar-refractivity contribution is 9.25. The standard InChI is InChI=1S/C12H13Br2N3O/c1-8(9-3-5-15-6-4-9)16-17-10(18)11(2)7-12(11,13)14/h3-6H,7H2,1-2H3,(H,17,18)/b16-8+. The van der Waals surface area contributed by atoms with E-state index in [0.717, 1.165) is 17.7 Å². The molecule has 1 atom stereocenters. The van der Waals surface area contributed by atoms with Crippen molar-refractivity contribution in [2.75, 3.05) is 0 Å². The normalized spacial score (nSPS) is 25.7. The van der Waals surface area contributed by atoms with Crippen molar-refractivity contribution in [3.8, 4) is 0 Å². The Balaban J connectivity index is 2.02. The first-order valence-corrected chi connectivity index (χ1v) is 7.08. The third-order valence-electron chi connectivity index (χ3n) is 3.18. The summed E-state index contributed by atoms with van der Waals surface area (Å²) in [7, 11) is 0. The van der Waals surface area contributed by atoms with Gasteiger partial charge in [0, 0.05) is 18.0 Å². The van der Waals surface area contributed by atoms with Crippen molar-refractivity contribution in [2.24, 2.45) is 10.5 Å². The van der Waals surface area contributed by atoms with Gasteiger partial charge in [-0.2, -0.15) is 5.10 Å². The van der Waals surface area contributed by atoms with E-state index in [2.05, 4.69) is 47.4 Å². The van der Waals surface area contributed by atoms with E-state index in [4.69, 9.17) is 0 Å². The van der Waals surface area contributed by atoms with Crippen molar-refractivity contribution in [2.45, 2.75) is 23.5 Å². The van der Waals surface area contributed by atoms with E-state index in [-0.39, 0.29) is 9.14 Å². The maximum absolute atomic E-state index is 12.0. The van der Waals surface area contributed by atoms with Gasteiger partial charge in [0.1, 0.15) is 0 Å². The zero-order valence-electron chi connectivity index (χ0n) is 10.1. The van der Waals surface area contributed by atoms with E-state index in [0.29, 0.717) is 0 Å². The summed E-state index contributed by atoms with van der Waals surface area (Å²) in [5.74, 6) is -0.0929. The van der Waals surface area contributed by atoms with Crippen LogP contribution >= 0.6 is 31.9 Å². The molecule has 1 aliphatic rings. The smallest absolute Gasteiger partial charge is 0.248 e. The summed E-state index contributed by atoms with van der Waals surface area (Å²) >= 11 is 6.92. The fourth-order valence-corrected chi connectivity index (χ4v) is 3.04. The number of hydrazone groups is 1. The molecule has 1 saturated carbocycles.